The van der Waals surface area contributed by atoms with Crippen LogP contribution in [-0.4, -0.2) is 32.6 Å². The second-order valence-electron chi connectivity index (χ2n) is 4.72. The molecule has 1 atom stereocenters. The van der Waals surface area contributed by atoms with Crippen molar-refractivity contribution in [2.24, 2.45) is 10.7 Å². The van der Waals surface area contributed by atoms with Gasteiger partial charge in [-0.2, -0.15) is 0 Å². The number of methoxy groups -OCH3 is 1. The molecule has 0 amide bonds. The Bertz CT molecular complexity index is 506. The fourth-order valence-electron chi connectivity index (χ4n) is 2.19. The molecule has 0 aromatic heterocycles. The number of hydrogen-bond donors (Lipinski definition) is 2. The van der Waals surface area contributed by atoms with Crippen LogP contribution < -0.4 is 16.2 Å². The van der Waals surface area contributed by atoms with Gasteiger partial charge in [-0.1, -0.05) is 6.07 Å². The van der Waals surface area contributed by atoms with Gasteiger partial charge in [-0.15, -0.1) is 0 Å². The molecule has 5 nitrogen and oxygen atoms in total. The van der Waals surface area contributed by atoms with E-state index in [1.165, 1.54) is 0 Å². The summed E-state index contributed by atoms with van der Waals surface area (Å²) in [5, 5.41) is 0. The monoisotopic (exact) mass is 275 g/mol. The van der Waals surface area contributed by atoms with Gasteiger partial charge in [0.25, 0.3) is 0 Å². The van der Waals surface area contributed by atoms with Gasteiger partial charge in [0.1, 0.15) is 0 Å². The van der Waals surface area contributed by atoms with Crippen LogP contribution in [-0.2, 0) is 4.74 Å². The molecule has 0 aliphatic carbocycles. The number of ether oxygens (including phenoxy) is 2. The molecule has 1 aromatic carbocycles. The SMILES string of the molecule is COc1c(N)cccc1/C(N)=C/C=NC1CCCOC1. The Kier molecular flexibility index (Phi) is 5.01. The summed E-state index contributed by atoms with van der Waals surface area (Å²) in [5.74, 6) is 0.593. The van der Waals surface area contributed by atoms with Crippen molar-refractivity contribution >= 4 is 17.6 Å². The van der Waals surface area contributed by atoms with Crippen LogP contribution in [0.1, 0.15) is 18.4 Å². The smallest absolute Gasteiger partial charge is 0.151 e. The summed E-state index contributed by atoms with van der Waals surface area (Å²) >= 11 is 0. The number of rotatable bonds is 4. The number of aliphatic imine (C=N–C) groups is 1. The fraction of sp³-hybridized carbons (Fsp3) is 0.400. The third-order valence-corrected chi connectivity index (χ3v) is 3.25. The summed E-state index contributed by atoms with van der Waals surface area (Å²) in [6.07, 6.45) is 5.62. The van der Waals surface area contributed by atoms with Crippen molar-refractivity contribution in [2.45, 2.75) is 18.9 Å². The lowest BCUT2D eigenvalue weighted by Crippen LogP contribution is -2.20. The summed E-state index contributed by atoms with van der Waals surface area (Å²) in [6, 6.07) is 5.73. The predicted octanol–water partition coefficient (Wildman–Crippen LogP) is 1.83. The van der Waals surface area contributed by atoms with Gasteiger partial charge in [-0.05, 0) is 31.1 Å². The summed E-state index contributed by atoms with van der Waals surface area (Å²) in [4.78, 5) is 4.45. The molecule has 1 fully saturated rings. The van der Waals surface area contributed by atoms with Crippen LogP contribution in [0.4, 0.5) is 5.69 Å². The minimum atomic E-state index is 0.232. The van der Waals surface area contributed by atoms with E-state index in [1.807, 2.05) is 12.1 Å². The quantitative estimate of drug-likeness (QED) is 0.648. The minimum Gasteiger partial charge on any atom is -0.494 e. The first kappa shape index (κ1) is 14.4. The van der Waals surface area contributed by atoms with Gasteiger partial charge in [-0.3, -0.25) is 4.99 Å². The molecule has 1 aliphatic rings. The Balaban J connectivity index is 2.10. The zero-order chi connectivity index (χ0) is 14.4. The van der Waals surface area contributed by atoms with Crippen molar-refractivity contribution in [2.75, 3.05) is 26.1 Å². The zero-order valence-corrected chi connectivity index (χ0v) is 11.7. The molecule has 108 valence electrons. The number of nitrogen functional groups attached to an aromatic ring is 1. The zero-order valence-electron chi connectivity index (χ0n) is 11.7. The van der Waals surface area contributed by atoms with E-state index >= 15 is 0 Å². The first-order chi connectivity index (χ1) is 9.72. The maximum absolute atomic E-state index is 6.06. The van der Waals surface area contributed by atoms with Crippen LogP contribution in [0.15, 0.2) is 29.3 Å². The van der Waals surface area contributed by atoms with Crippen molar-refractivity contribution in [3.63, 3.8) is 0 Å². The molecule has 1 aliphatic heterocycles. The van der Waals surface area contributed by atoms with E-state index in [4.69, 9.17) is 20.9 Å². The molecular weight excluding hydrogens is 254 g/mol. The van der Waals surface area contributed by atoms with Gasteiger partial charge >= 0.3 is 0 Å². The largest absolute Gasteiger partial charge is 0.494 e. The lowest BCUT2D eigenvalue weighted by molar-refractivity contribution is 0.0830. The fourth-order valence-corrected chi connectivity index (χ4v) is 2.19. The molecule has 0 saturated carbocycles. The molecule has 0 radical (unpaired) electrons. The van der Waals surface area contributed by atoms with Crippen molar-refractivity contribution in [3.8, 4) is 5.75 Å². The maximum Gasteiger partial charge on any atom is 0.151 e. The molecule has 0 spiro atoms. The van der Waals surface area contributed by atoms with Crippen molar-refractivity contribution in [1.29, 1.82) is 0 Å². The van der Waals surface area contributed by atoms with Crippen LogP contribution in [0.2, 0.25) is 0 Å². The van der Waals surface area contributed by atoms with E-state index in [1.54, 1.807) is 25.5 Å². The Hall–Kier alpha value is -2.01. The van der Waals surface area contributed by atoms with Crippen LogP contribution in [0.5, 0.6) is 5.75 Å². The normalized spacial score (nSPS) is 20.2. The first-order valence-electron chi connectivity index (χ1n) is 6.72. The van der Waals surface area contributed by atoms with Gasteiger partial charge < -0.3 is 20.9 Å². The van der Waals surface area contributed by atoms with Gasteiger partial charge in [0.15, 0.2) is 5.75 Å². The van der Waals surface area contributed by atoms with Crippen molar-refractivity contribution < 1.29 is 9.47 Å². The summed E-state index contributed by atoms with van der Waals surface area (Å²) < 4.78 is 10.7. The number of allylic oxidation sites excluding steroid dienone is 1. The van der Waals surface area contributed by atoms with E-state index < -0.39 is 0 Å². The van der Waals surface area contributed by atoms with E-state index in [-0.39, 0.29) is 6.04 Å². The second kappa shape index (κ2) is 6.96. The van der Waals surface area contributed by atoms with Gasteiger partial charge in [-0.25, -0.2) is 0 Å². The first-order valence-corrected chi connectivity index (χ1v) is 6.72. The third-order valence-electron chi connectivity index (χ3n) is 3.25. The van der Waals surface area contributed by atoms with E-state index in [0.29, 0.717) is 23.7 Å². The van der Waals surface area contributed by atoms with E-state index in [2.05, 4.69) is 4.99 Å². The molecule has 1 aromatic rings. The molecule has 5 heteroatoms. The number of nitrogens with two attached hydrogens (primary N) is 2. The summed E-state index contributed by atoms with van der Waals surface area (Å²) in [6.45, 7) is 1.52. The van der Waals surface area contributed by atoms with Crippen LogP contribution in [0, 0.1) is 0 Å². The van der Waals surface area contributed by atoms with E-state index in [0.717, 1.165) is 25.0 Å². The molecule has 20 heavy (non-hydrogen) atoms. The average molecular weight is 275 g/mol. The lowest BCUT2D eigenvalue weighted by atomic mass is 10.1. The van der Waals surface area contributed by atoms with Crippen LogP contribution >= 0.6 is 0 Å². The maximum atomic E-state index is 6.06. The number of benzene rings is 1. The summed E-state index contributed by atoms with van der Waals surface area (Å²) in [7, 11) is 1.58. The minimum absolute atomic E-state index is 0.232. The summed E-state index contributed by atoms with van der Waals surface area (Å²) in [5.41, 5.74) is 13.8. The Morgan fingerprint density at radius 1 is 1.50 bits per heavy atom. The number of hydrogen-bond acceptors (Lipinski definition) is 5. The lowest BCUT2D eigenvalue weighted by Gasteiger charge is -2.17. The topological polar surface area (TPSA) is 82.9 Å². The van der Waals surface area contributed by atoms with Gasteiger partial charge in [0.2, 0.25) is 0 Å². The predicted molar refractivity (Wildman–Crippen MR) is 81.9 cm³/mol. The Labute approximate surface area is 119 Å². The molecular formula is C15H21N3O2. The Morgan fingerprint density at radius 3 is 3.05 bits per heavy atom. The standard InChI is InChI=1S/C15H21N3O2/c1-19-15-12(5-2-6-14(15)17)13(16)7-8-18-11-4-3-9-20-10-11/h2,5-8,11H,3-4,9-10,16-17H2,1H3/b13-7-,18-8?. The Morgan fingerprint density at radius 2 is 2.35 bits per heavy atom. The van der Waals surface area contributed by atoms with Crippen LogP contribution in [0.3, 0.4) is 0 Å². The van der Waals surface area contributed by atoms with Crippen molar-refractivity contribution in [1.82, 2.24) is 0 Å². The molecule has 4 N–H and O–H groups in total. The highest BCUT2D eigenvalue weighted by Gasteiger charge is 2.11. The van der Waals surface area contributed by atoms with Gasteiger partial charge in [0.05, 0.1) is 25.4 Å². The molecule has 1 saturated heterocycles. The number of nitrogens with zero attached hydrogens (tertiary/aromatic N) is 1. The average Bonchev–Trinajstić information content (AvgIpc) is 2.48. The van der Waals surface area contributed by atoms with Crippen molar-refractivity contribution in [3.05, 3.63) is 29.8 Å². The molecule has 1 heterocycles. The molecule has 2 rings (SSSR count). The highest BCUT2D eigenvalue weighted by Crippen LogP contribution is 2.29. The third kappa shape index (κ3) is 3.51. The van der Waals surface area contributed by atoms with Crippen LogP contribution in [0.25, 0.3) is 5.70 Å². The van der Waals surface area contributed by atoms with Gasteiger partial charge in [0, 0.05) is 24.1 Å². The van der Waals surface area contributed by atoms with E-state index in [9.17, 15) is 0 Å². The number of anilines is 1. The number of para-hydroxylation sites is 1. The molecule has 0 bridgehead atoms. The highest BCUT2D eigenvalue weighted by molar-refractivity contribution is 5.86. The highest BCUT2D eigenvalue weighted by atomic mass is 16.5. The molecule has 1 unspecified atom stereocenters. The second-order valence-corrected chi connectivity index (χ2v) is 4.72.